The van der Waals surface area contributed by atoms with Crippen molar-refractivity contribution in [3.8, 4) is 5.69 Å². The number of aryl methyl sites for hydroxylation is 1. The maximum Gasteiger partial charge on any atom is 0.358 e. The quantitative estimate of drug-likeness (QED) is 0.642. The number of carboxylic acid groups (broad SMARTS) is 1. The summed E-state index contributed by atoms with van der Waals surface area (Å²) in [6.07, 6.45) is 0. The lowest BCUT2D eigenvalue weighted by molar-refractivity contribution is 0.0689. The molecule has 0 unspecified atom stereocenters. The first kappa shape index (κ1) is 16.7. The predicted octanol–water partition coefficient (Wildman–Crippen LogP) is 4.33. The number of benzene rings is 2. The molecule has 0 spiro atoms. The van der Waals surface area contributed by atoms with Crippen LogP contribution in [0.4, 0.5) is 0 Å². The van der Waals surface area contributed by atoms with Crippen molar-refractivity contribution in [2.24, 2.45) is 0 Å². The van der Waals surface area contributed by atoms with Gasteiger partial charge in [-0.15, -0.1) is 16.9 Å². The zero-order valence-electron chi connectivity index (χ0n) is 12.8. The van der Waals surface area contributed by atoms with Gasteiger partial charge in [-0.1, -0.05) is 44.9 Å². The Morgan fingerprint density at radius 3 is 2.67 bits per heavy atom. The van der Waals surface area contributed by atoms with Gasteiger partial charge in [0.2, 0.25) is 0 Å². The second-order valence-corrected chi connectivity index (χ2v) is 7.15. The van der Waals surface area contributed by atoms with Gasteiger partial charge in [0, 0.05) is 15.1 Å². The smallest absolute Gasteiger partial charge is 0.358 e. The molecule has 0 bridgehead atoms. The summed E-state index contributed by atoms with van der Waals surface area (Å²) >= 11 is 4.97. The van der Waals surface area contributed by atoms with Crippen LogP contribution in [0, 0.1) is 6.92 Å². The van der Waals surface area contributed by atoms with E-state index in [9.17, 15) is 9.90 Å². The van der Waals surface area contributed by atoms with Gasteiger partial charge in [0.15, 0.2) is 5.69 Å². The summed E-state index contributed by atoms with van der Waals surface area (Å²) < 4.78 is 2.47. The lowest BCUT2D eigenvalue weighted by Crippen LogP contribution is -2.06. The molecule has 0 fully saturated rings. The zero-order valence-corrected chi connectivity index (χ0v) is 15.2. The molecule has 0 radical (unpaired) electrons. The van der Waals surface area contributed by atoms with Gasteiger partial charge < -0.3 is 5.11 Å². The van der Waals surface area contributed by atoms with E-state index >= 15 is 0 Å². The van der Waals surface area contributed by atoms with Crippen molar-refractivity contribution >= 4 is 33.7 Å². The Kier molecular flexibility index (Phi) is 5.01. The Morgan fingerprint density at radius 2 is 2.00 bits per heavy atom. The molecule has 0 saturated carbocycles. The molecule has 0 aliphatic carbocycles. The highest BCUT2D eigenvalue weighted by molar-refractivity contribution is 9.10. The number of thioether (sulfide) groups is 1. The van der Waals surface area contributed by atoms with Crippen LogP contribution < -0.4 is 0 Å². The molecule has 2 aromatic carbocycles. The zero-order chi connectivity index (χ0) is 17.1. The number of aromatic carboxylic acids is 1. The molecule has 0 saturated heterocycles. The van der Waals surface area contributed by atoms with Gasteiger partial charge >= 0.3 is 5.97 Å². The highest BCUT2D eigenvalue weighted by atomic mass is 79.9. The second-order valence-electron chi connectivity index (χ2n) is 5.18. The van der Waals surface area contributed by atoms with Crippen LogP contribution in [0.1, 0.15) is 21.7 Å². The van der Waals surface area contributed by atoms with Crippen molar-refractivity contribution in [3.63, 3.8) is 0 Å². The number of hydrogen-bond donors (Lipinski definition) is 1. The number of aromatic nitrogens is 3. The van der Waals surface area contributed by atoms with Crippen LogP contribution in [0.25, 0.3) is 5.69 Å². The normalized spacial score (nSPS) is 10.8. The Bertz CT molecular complexity index is 878. The van der Waals surface area contributed by atoms with E-state index in [1.807, 2.05) is 55.5 Å². The van der Waals surface area contributed by atoms with E-state index < -0.39 is 5.97 Å². The van der Waals surface area contributed by atoms with Gasteiger partial charge in [-0.05, 0) is 37.3 Å². The number of carbonyl (C=O) groups is 1. The average Bonchev–Trinajstić information content (AvgIpc) is 2.98. The molecule has 0 aliphatic heterocycles. The molecule has 0 amide bonds. The lowest BCUT2D eigenvalue weighted by atomic mass is 10.2. The van der Waals surface area contributed by atoms with E-state index in [1.165, 1.54) is 5.56 Å². The molecule has 24 heavy (non-hydrogen) atoms. The van der Waals surface area contributed by atoms with Gasteiger partial charge in [0.1, 0.15) is 0 Å². The third kappa shape index (κ3) is 3.68. The fraction of sp³-hybridized carbons (Fsp3) is 0.118. The third-order valence-corrected chi connectivity index (χ3v) is 4.93. The Labute approximate surface area is 151 Å². The van der Waals surface area contributed by atoms with E-state index in [1.54, 1.807) is 16.4 Å². The van der Waals surface area contributed by atoms with E-state index in [-0.39, 0.29) is 5.69 Å². The highest BCUT2D eigenvalue weighted by Gasteiger charge is 2.20. The first-order valence-corrected chi connectivity index (χ1v) is 8.96. The maximum absolute atomic E-state index is 11.5. The summed E-state index contributed by atoms with van der Waals surface area (Å²) in [5.41, 5.74) is 2.50. The molecular formula is C17H14BrN3O2S. The first-order valence-electron chi connectivity index (χ1n) is 7.18. The number of rotatable bonds is 5. The fourth-order valence-electron chi connectivity index (χ4n) is 2.20. The van der Waals surface area contributed by atoms with E-state index in [2.05, 4.69) is 26.2 Å². The standard InChI is InChI=1S/C17H14BrN3O2S/c1-11-5-7-14(8-6-11)24-10-15-16(17(22)23)19-20-21(15)13-4-2-3-12(18)9-13/h2-9H,10H2,1H3,(H,22,23). The summed E-state index contributed by atoms with van der Waals surface area (Å²) in [5, 5.41) is 17.2. The number of carboxylic acids is 1. The van der Waals surface area contributed by atoms with Crippen molar-refractivity contribution in [3.05, 3.63) is 70.0 Å². The van der Waals surface area contributed by atoms with Gasteiger partial charge in [0.05, 0.1) is 11.4 Å². The van der Waals surface area contributed by atoms with Gasteiger partial charge in [-0.2, -0.15) is 0 Å². The van der Waals surface area contributed by atoms with Crippen LogP contribution in [-0.2, 0) is 5.75 Å². The summed E-state index contributed by atoms with van der Waals surface area (Å²) in [6.45, 7) is 2.03. The SMILES string of the molecule is Cc1ccc(SCc2c(C(=O)O)nnn2-c2cccc(Br)c2)cc1. The number of halogens is 1. The number of hydrogen-bond acceptors (Lipinski definition) is 4. The van der Waals surface area contributed by atoms with Gasteiger partial charge in [-0.25, -0.2) is 9.48 Å². The summed E-state index contributed by atoms with van der Waals surface area (Å²) in [6, 6.07) is 15.6. The van der Waals surface area contributed by atoms with Crippen molar-refractivity contribution in [1.29, 1.82) is 0 Å². The minimum atomic E-state index is -1.07. The molecule has 122 valence electrons. The maximum atomic E-state index is 11.5. The molecule has 1 heterocycles. The molecule has 0 atom stereocenters. The summed E-state index contributed by atoms with van der Waals surface area (Å²) in [5.74, 6) is -0.611. The minimum absolute atomic E-state index is 0.0189. The van der Waals surface area contributed by atoms with Crippen LogP contribution in [0.15, 0.2) is 57.9 Å². The molecule has 3 aromatic rings. The highest BCUT2D eigenvalue weighted by Crippen LogP contribution is 2.26. The average molecular weight is 404 g/mol. The lowest BCUT2D eigenvalue weighted by Gasteiger charge is -2.08. The summed E-state index contributed by atoms with van der Waals surface area (Å²) in [7, 11) is 0. The van der Waals surface area contributed by atoms with Gasteiger partial charge in [0.25, 0.3) is 0 Å². The van der Waals surface area contributed by atoms with Crippen LogP contribution in [0.3, 0.4) is 0 Å². The Balaban J connectivity index is 1.94. The Morgan fingerprint density at radius 1 is 1.25 bits per heavy atom. The predicted molar refractivity (Wildman–Crippen MR) is 96.8 cm³/mol. The van der Waals surface area contributed by atoms with E-state index in [0.717, 1.165) is 15.1 Å². The molecule has 5 nitrogen and oxygen atoms in total. The van der Waals surface area contributed by atoms with E-state index in [4.69, 9.17) is 0 Å². The van der Waals surface area contributed by atoms with Gasteiger partial charge in [-0.3, -0.25) is 0 Å². The third-order valence-electron chi connectivity index (χ3n) is 3.42. The van der Waals surface area contributed by atoms with Crippen molar-refractivity contribution < 1.29 is 9.90 Å². The largest absolute Gasteiger partial charge is 0.476 e. The van der Waals surface area contributed by atoms with Crippen molar-refractivity contribution in [1.82, 2.24) is 15.0 Å². The Hall–Kier alpha value is -2.12. The first-order chi connectivity index (χ1) is 11.5. The fourth-order valence-corrected chi connectivity index (χ4v) is 3.48. The molecule has 3 rings (SSSR count). The van der Waals surface area contributed by atoms with Crippen LogP contribution in [-0.4, -0.2) is 26.1 Å². The van der Waals surface area contributed by atoms with E-state index in [0.29, 0.717) is 11.4 Å². The molecular weight excluding hydrogens is 390 g/mol. The van der Waals surface area contributed by atoms with Crippen molar-refractivity contribution in [2.45, 2.75) is 17.6 Å². The molecule has 1 aromatic heterocycles. The van der Waals surface area contributed by atoms with Crippen LogP contribution in [0.5, 0.6) is 0 Å². The summed E-state index contributed by atoms with van der Waals surface area (Å²) in [4.78, 5) is 12.5. The van der Waals surface area contributed by atoms with Crippen LogP contribution in [0.2, 0.25) is 0 Å². The number of nitrogens with zero attached hydrogens (tertiary/aromatic N) is 3. The molecule has 7 heteroatoms. The minimum Gasteiger partial charge on any atom is -0.476 e. The van der Waals surface area contributed by atoms with Crippen molar-refractivity contribution in [2.75, 3.05) is 0 Å². The molecule has 0 aliphatic rings. The molecule has 1 N–H and O–H groups in total. The second kappa shape index (κ2) is 7.19. The topological polar surface area (TPSA) is 68.0 Å². The van der Waals surface area contributed by atoms with Crippen LogP contribution >= 0.6 is 27.7 Å². The monoisotopic (exact) mass is 403 g/mol.